The van der Waals surface area contributed by atoms with Crippen molar-refractivity contribution in [2.75, 3.05) is 0 Å². The lowest BCUT2D eigenvalue weighted by molar-refractivity contribution is 0.477. The van der Waals surface area contributed by atoms with Crippen molar-refractivity contribution in [3.63, 3.8) is 0 Å². The first kappa shape index (κ1) is 36.3. The lowest BCUT2D eigenvalue weighted by Gasteiger charge is -2.25. The molecule has 0 unspecified atom stereocenters. The van der Waals surface area contributed by atoms with Gasteiger partial charge in [0.2, 0.25) is 0 Å². The summed E-state index contributed by atoms with van der Waals surface area (Å²) in [5, 5.41) is 11.3. The van der Waals surface area contributed by atoms with Crippen molar-refractivity contribution >= 4 is 11.0 Å². The second-order valence-electron chi connectivity index (χ2n) is 16.5. The van der Waals surface area contributed by atoms with Crippen molar-refractivity contribution in [2.45, 2.75) is 45.9 Å². The number of nitrogens with zero attached hydrogens (tertiary/aromatic N) is 3. The number of benzene rings is 7. The molecule has 0 aliphatic rings. The third-order valence-corrected chi connectivity index (χ3v) is 11.2. The number of phenolic OH excluding ortho intramolecular Hbond substituents is 1. The summed E-state index contributed by atoms with van der Waals surface area (Å²) in [6.07, 6.45) is 1.87. The fourth-order valence-electron chi connectivity index (χ4n) is 8.09. The van der Waals surface area contributed by atoms with Crippen LogP contribution in [0.1, 0.15) is 53.0 Å². The van der Waals surface area contributed by atoms with Crippen LogP contribution >= 0.6 is 0 Å². The Morgan fingerprint density at radius 2 is 1.19 bits per heavy atom. The standard InChI is InChI=1S/C55H47N3O/c1-36(2)37-23-25-39(26-24-37)41-29-30-56-50(34-41)44-32-42(38-15-8-6-9-16-38)31-43(33-44)47-20-14-21-51-53(47)57-54(48-19-12-13-22-52(48)59)58(51)45-27-28-46(40-17-10-7-11-18-40)49(35-45)55(3,4)5/h6-36,59H,1-5H3/i36D. The van der Waals surface area contributed by atoms with Crippen LogP contribution in [0.15, 0.2) is 182 Å². The number of rotatable bonds is 8. The van der Waals surface area contributed by atoms with E-state index in [0.29, 0.717) is 11.4 Å². The van der Waals surface area contributed by atoms with Crippen LogP contribution in [0.25, 0.3) is 83.9 Å². The minimum absolute atomic E-state index is 0.153. The van der Waals surface area contributed by atoms with Crippen LogP contribution < -0.4 is 0 Å². The fourth-order valence-corrected chi connectivity index (χ4v) is 8.09. The Kier molecular flexibility index (Phi) is 9.46. The van der Waals surface area contributed by atoms with Crippen molar-refractivity contribution in [3.8, 4) is 78.6 Å². The third-order valence-electron chi connectivity index (χ3n) is 11.2. The van der Waals surface area contributed by atoms with E-state index in [1.54, 1.807) is 6.07 Å². The molecule has 2 aromatic heterocycles. The summed E-state index contributed by atoms with van der Waals surface area (Å²) < 4.78 is 10.7. The molecule has 9 rings (SSSR count). The molecule has 59 heavy (non-hydrogen) atoms. The molecule has 0 aliphatic heterocycles. The van der Waals surface area contributed by atoms with Crippen LogP contribution in [0.5, 0.6) is 5.75 Å². The molecule has 4 heteroatoms. The Balaban J connectivity index is 1.25. The highest BCUT2D eigenvalue weighted by Crippen LogP contribution is 2.42. The Morgan fingerprint density at radius 3 is 1.90 bits per heavy atom. The van der Waals surface area contributed by atoms with Gasteiger partial charge in [0, 0.05) is 24.4 Å². The summed E-state index contributed by atoms with van der Waals surface area (Å²) in [5.74, 6) is 0.167. The number of para-hydroxylation sites is 2. The summed E-state index contributed by atoms with van der Waals surface area (Å²) in [6.45, 7) is 10.6. The zero-order chi connectivity index (χ0) is 41.6. The van der Waals surface area contributed by atoms with Crippen LogP contribution in [0.2, 0.25) is 0 Å². The first-order valence-electron chi connectivity index (χ1n) is 20.7. The summed E-state index contributed by atoms with van der Waals surface area (Å²) in [7, 11) is 0. The van der Waals surface area contributed by atoms with Crippen molar-refractivity contribution in [2.24, 2.45) is 0 Å². The van der Waals surface area contributed by atoms with E-state index in [-0.39, 0.29) is 11.2 Å². The van der Waals surface area contributed by atoms with Gasteiger partial charge in [-0.05, 0) is 122 Å². The average molecular weight is 767 g/mol. The molecule has 0 saturated heterocycles. The lowest BCUT2D eigenvalue weighted by atomic mass is 9.81. The van der Waals surface area contributed by atoms with Gasteiger partial charge < -0.3 is 5.11 Å². The average Bonchev–Trinajstić information content (AvgIpc) is 3.66. The van der Waals surface area contributed by atoms with Gasteiger partial charge in [-0.1, -0.05) is 150 Å². The van der Waals surface area contributed by atoms with Gasteiger partial charge >= 0.3 is 0 Å². The summed E-state index contributed by atoms with van der Waals surface area (Å²) >= 11 is 0. The highest BCUT2D eigenvalue weighted by Gasteiger charge is 2.24. The molecular formula is C55H47N3O. The summed E-state index contributed by atoms with van der Waals surface area (Å²) in [5.41, 5.74) is 15.9. The Morgan fingerprint density at radius 1 is 0.542 bits per heavy atom. The molecule has 0 radical (unpaired) electrons. The van der Waals surface area contributed by atoms with Gasteiger partial charge in [-0.25, -0.2) is 4.98 Å². The first-order chi connectivity index (χ1) is 28.9. The maximum absolute atomic E-state index is 11.3. The largest absolute Gasteiger partial charge is 0.507 e. The van der Waals surface area contributed by atoms with Gasteiger partial charge in [-0.15, -0.1) is 0 Å². The van der Waals surface area contributed by atoms with Crippen LogP contribution in [-0.2, 0) is 5.41 Å². The molecule has 0 saturated carbocycles. The number of hydrogen-bond donors (Lipinski definition) is 1. The molecule has 0 aliphatic carbocycles. The highest BCUT2D eigenvalue weighted by molar-refractivity contribution is 5.97. The molecule has 0 atom stereocenters. The van der Waals surface area contributed by atoms with Crippen LogP contribution in [-0.4, -0.2) is 19.6 Å². The van der Waals surface area contributed by atoms with Gasteiger partial charge in [-0.2, -0.15) is 0 Å². The van der Waals surface area contributed by atoms with E-state index in [4.69, 9.17) is 11.3 Å². The van der Waals surface area contributed by atoms with E-state index in [1.807, 2.05) is 62.5 Å². The molecule has 1 N–H and O–H groups in total. The Labute approximate surface area is 348 Å². The predicted molar refractivity (Wildman–Crippen MR) is 246 cm³/mol. The lowest BCUT2D eigenvalue weighted by Crippen LogP contribution is -2.14. The van der Waals surface area contributed by atoms with Crippen LogP contribution in [0, 0.1) is 0 Å². The molecule has 0 fully saturated rings. The first-order valence-corrected chi connectivity index (χ1v) is 20.2. The van der Waals surface area contributed by atoms with Gasteiger partial charge in [0.1, 0.15) is 11.6 Å². The van der Waals surface area contributed by atoms with Crippen molar-refractivity contribution < 1.29 is 6.48 Å². The second-order valence-corrected chi connectivity index (χ2v) is 16.5. The smallest absolute Gasteiger partial charge is 0.149 e. The predicted octanol–water partition coefficient (Wildman–Crippen LogP) is 14.5. The van der Waals surface area contributed by atoms with Crippen LogP contribution in [0.4, 0.5) is 0 Å². The maximum atomic E-state index is 11.3. The fraction of sp³-hybridized carbons (Fsp3) is 0.127. The Hall–Kier alpha value is -7.04. The van der Waals surface area contributed by atoms with Gasteiger partial charge in [0.25, 0.3) is 0 Å². The molecular weight excluding hydrogens is 719 g/mol. The van der Waals surface area contributed by atoms with Gasteiger partial charge in [-0.3, -0.25) is 9.55 Å². The SMILES string of the molecule is [2H]C(C)(C)c1ccc(-c2ccnc(-c3cc(-c4ccccc4)cc(-c4cccc5c4nc(-c4ccccc4O)n5-c4ccc(-c5ccccc5)c(C(C)(C)C)c4)c3)c2)cc1. The number of imidazole rings is 1. The molecule has 7 aromatic carbocycles. The van der Waals surface area contributed by atoms with Gasteiger partial charge in [0.15, 0.2) is 0 Å². The highest BCUT2D eigenvalue weighted by atomic mass is 16.3. The topological polar surface area (TPSA) is 50.9 Å². The van der Waals surface area contributed by atoms with E-state index in [0.717, 1.165) is 66.9 Å². The van der Waals surface area contributed by atoms with E-state index < -0.39 is 5.89 Å². The van der Waals surface area contributed by atoms with Crippen molar-refractivity contribution in [1.29, 1.82) is 0 Å². The van der Waals surface area contributed by atoms with Crippen LogP contribution in [0.3, 0.4) is 0 Å². The van der Waals surface area contributed by atoms with E-state index in [9.17, 15) is 5.11 Å². The molecule has 4 nitrogen and oxygen atoms in total. The third kappa shape index (κ3) is 7.35. The number of phenols is 1. The maximum Gasteiger partial charge on any atom is 0.149 e. The monoisotopic (exact) mass is 766 g/mol. The normalized spacial score (nSPS) is 12.1. The molecule has 0 spiro atoms. The Bertz CT molecular complexity index is 2990. The quantitative estimate of drug-likeness (QED) is 0.168. The minimum Gasteiger partial charge on any atom is -0.507 e. The molecule has 9 aromatic rings. The van der Waals surface area contributed by atoms with Gasteiger partial charge in [0.05, 0.1) is 22.3 Å². The number of hydrogen-bond acceptors (Lipinski definition) is 3. The van der Waals surface area contributed by atoms with E-state index in [2.05, 4.69) is 153 Å². The number of aromatic nitrogens is 3. The summed E-state index contributed by atoms with van der Waals surface area (Å²) in [6, 6.07) is 60.6. The molecule has 0 bridgehead atoms. The summed E-state index contributed by atoms with van der Waals surface area (Å²) in [4.78, 5) is 10.3. The molecule has 2 heterocycles. The zero-order valence-electron chi connectivity index (χ0n) is 35.1. The number of fused-ring (bicyclic) bond motifs is 1. The van der Waals surface area contributed by atoms with E-state index in [1.165, 1.54) is 16.7 Å². The van der Waals surface area contributed by atoms with E-state index >= 15 is 0 Å². The zero-order valence-corrected chi connectivity index (χ0v) is 34.1. The van der Waals surface area contributed by atoms with Crippen molar-refractivity contribution in [3.05, 3.63) is 193 Å². The second kappa shape index (κ2) is 15.4. The number of aromatic hydroxyl groups is 1. The molecule has 0 amide bonds. The molecule has 288 valence electrons. The minimum atomic E-state index is -0.667. The number of pyridine rings is 1. The van der Waals surface area contributed by atoms with Crippen molar-refractivity contribution in [1.82, 2.24) is 14.5 Å².